The quantitative estimate of drug-likeness (QED) is 0.476. The van der Waals surface area contributed by atoms with Crippen LogP contribution in [0.4, 0.5) is 11.6 Å². The molecule has 2 N–H and O–H groups in total. The lowest BCUT2D eigenvalue weighted by Crippen LogP contribution is -2.13. The number of hydrogen-bond acceptors (Lipinski definition) is 7. The van der Waals surface area contributed by atoms with E-state index in [0.717, 1.165) is 69.6 Å². The summed E-state index contributed by atoms with van der Waals surface area (Å²) in [6, 6.07) is 6.25. The standard InChI is InChI=1S/C22H27N7OS/c1-14-11-20-16(6-8-24-27-20)12-19(14)25-22-23-13-18-15(2)28-29(21(18)26-22)17-5-4-9-31(3,30)10-7-17/h6,8,11-13,17,30H,4-5,7,9-10H2,1-3H3,(H,23,25,26). The second-order valence-electron chi connectivity index (χ2n) is 8.56. The minimum Gasteiger partial charge on any atom is -0.352 e. The number of nitrogens with one attached hydrogen (secondary N) is 1. The number of aromatic nitrogens is 6. The predicted molar refractivity (Wildman–Crippen MR) is 126 cm³/mol. The van der Waals surface area contributed by atoms with Gasteiger partial charge in [-0.2, -0.15) is 20.3 Å². The van der Waals surface area contributed by atoms with Gasteiger partial charge >= 0.3 is 0 Å². The molecule has 4 aromatic rings. The van der Waals surface area contributed by atoms with Crippen LogP contribution in [0.25, 0.3) is 21.9 Å². The smallest absolute Gasteiger partial charge is 0.229 e. The Hall–Kier alpha value is -2.78. The molecule has 0 bridgehead atoms. The second kappa shape index (κ2) is 7.72. The summed E-state index contributed by atoms with van der Waals surface area (Å²) < 4.78 is 12.6. The molecular weight excluding hydrogens is 410 g/mol. The highest BCUT2D eigenvalue weighted by Crippen LogP contribution is 2.45. The van der Waals surface area contributed by atoms with Crippen molar-refractivity contribution >= 4 is 43.9 Å². The van der Waals surface area contributed by atoms with E-state index in [1.165, 1.54) is 0 Å². The fourth-order valence-electron chi connectivity index (χ4n) is 4.28. The third-order valence-corrected chi connectivity index (χ3v) is 8.38. The zero-order valence-corrected chi connectivity index (χ0v) is 18.9. The van der Waals surface area contributed by atoms with Crippen molar-refractivity contribution in [3.63, 3.8) is 0 Å². The lowest BCUT2D eigenvalue weighted by molar-refractivity contribution is 0.425. The van der Waals surface area contributed by atoms with Gasteiger partial charge in [-0.25, -0.2) is 9.67 Å². The van der Waals surface area contributed by atoms with Gasteiger partial charge < -0.3 is 9.87 Å². The van der Waals surface area contributed by atoms with E-state index in [2.05, 4.69) is 25.2 Å². The Labute approximate surface area is 182 Å². The molecule has 2 unspecified atom stereocenters. The maximum Gasteiger partial charge on any atom is 0.229 e. The van der Waals surface area contributed by atoms with Crippen LogP contribution in [0, 0.1) is 13.8 Å². The highest BCUT2D eigenvalue weighted by atomic mass is 32.3. The van der Waals surface area contributed by atoms with Crippen LogP contribution in [0.5, 0.6) is 0 Å². The van der Waals surface area contributed by atoms with Crippen LogP contribution in [0.3, 0.4) is 0 Å². The normalized spacial score (nSPS) is 24.1. The number of aryl methyl sites for hydroxylation is 2. The van der Waals surface area contributed by atoms with E-state index in [0.29, 0.717) is 5.95 Å². The Morgan fingerprint density at radius 3 is 2.94 bits per heavy atom. The average molecular weight is 438 g/mol. The van der Waals surface area contributed by atoms with Crippen LogP contribution in [0.15, 0.2) is 30.6 Å². The molecule has 8 nitrogen and oxygen atoms in total. The first-order valence-electron chi connectivity index (χ1n) is 10.6. The Morgan fingerprint density at radius 2 is 2.06 bits per heavy atom. The topological polar surface area (TPSA) is 102 Å². The summed E-state index contributed by atoms with van der Waals surface area (Å²) in [6.07, 6.45) is 8.51. The van der Waals surface area contributed by atoms with Gasteiger partial charge in [-0.05, 0) is 68.9 Å². The minimum absolute atomic E-state index is 0.251. The van der Waals surface area contributed by atoms with Gasteiger partial charge in [0.05, 0.1) is 28.8 Å². The van der Waals surface area contributed by atoms with Crippen molar-refractivity contribution < 1.29 is 4.55 Å². The van der Waals surface area contributed by atoms with Crippen LogP contribution in [0.2, 0.25) is 0 Å². The third-order valence-electron chi connectivity index (χ3n) is 6.10. The van der Waals surface area contributed by atoms with E-state index in [-0.39, 0.29) is 6.04 Å². The van der Waals surface area contributed by atoms with Crippen molar-refractivity contribution in [1.82, 2.24) is 29.9 Å². The molecule has 3 aromatic heterocycles. The van der Waals surface area contributed by atoms with Crippen molar-refractivity contribution in [3.05, 3.63) is 41.9 Å². The molecule has 0 radical (unpaired) electrons. The maximum atomic E-state index is 10.6. The van der Waals surface area contributed by atoms with E-state index in [1.807, 2.05) is 44.5 Å². The van der Waals surface area contributed by atoms with Crippen molar-refractivity contribution in [2.75, 3.05) is 23.1 Å². The monoisotopic (exact) mass is 437 g/mol. The van der Waals surface area contributed by atoms with Crippen LogP contribution in [-0.4, -0.2) is 52.3 Å². The SMILES string of the molecule is Cc1cc2nnccc2cc1Nc1ncc2c(C)nn(C3CCCS(C)(O)CC3)c2n1. The van der Waals surface area contributed by atoms with Crippen LogP contribution in [0.1, 0.15) is 36.6 Å². The molecule has 31 heavy (non-hydrogen) atoms. The minimum atomic E-state index is -1.47. The van der Waals surface area contributed by atoms with E-state index in [1.54, 1.807) is 6.20 Å². The van der Waals surface area contributed by atoms with Crippen molar-refractivity contribution in [2.45, 2.75) is 39.2 Å². The highest BCUT2D eigenvalue weighted by molar-refractivity contribution is 8.28. The van der Waals surface area contributed by atoms with Crippen LogP contribution in [-0.2, 0) is 0 Å². The fourth-order valence-corrected chi connectivity index (χ4v) is 6.06. The largest absolute Gasteiger partial charge is 0.352 e. The van der Waals surface area contributed by atoms with Crippen molar-refractivity contribution in [2.24, 2.45) is 0 Å². The van der Waals surface area contributed by atoms with Gasteiger partial charge in [-0.1, -0.05) is 0 Å². The summed E-state index contributed by atoms with van der Waals surface area (Å²) in [7, 11) is -1.47. The summed E-state index contributed by atoms with van der Waals surface area (Å²) in [5.41, 5.74) is 4.64. The van der Waals surface area contributed by atoms with Gasteiger partial charge in [0.25, 0.3) is 0 Å². The molecule has 1 saturated heterocycles. The van der Waals surface area contributed by atoms with Crippen molar-refractivity contribution in [1.29, 1.82) is 0 Å². The Balaban J connectivity index is 1.50. The Morgan fingerprint density at radius 1 is 1.19 bits per heavy atom. The highest BCUT2D eigenvalue weighted by Gasteiger charge is 2.26. The third kappa shape index (κ3) is 3.95. The first-order valence-corrected chi connectivity index (χ1v) is 12.9. The fraction of sp³-hybridized carbons (Fsp3) is 0.409. The summed E-state index contributed by atoms with van der Waals surface area (Å²) in [5.74, 6) is 2.31. The lowest BCUT2D eigenvalue weighted by Gasteiger charge is -2.27. The molecule has 1 fully saturated rings. The van der Waals surface area contributed by atoms with E-state index in [4.69, 9.17) is 10.1 Å². The average Bonchev–Trinajstić information content (AvgIpc) is 2.95. The lowest BCUT2D eigenvalue weighted by atomic mass is 10.1. The molecule has 0 amide bonds. The second-order valence-corrected chi connectivity index (χ2v) is 11.8. The van der Waals surface area contributed by atoms with E-state index in [9.17, 15) is 4.55 Å². The summed E-state index contributed by atoms with van der Waals surface area (Å²) in [6.45, 7) is 4.03. The molecule has 162 valence electrons. The van der Waals surface area contributed by atoms with Crippen LogP contribution >= 0.6 is 10.3 Å². The molecule has 2 atom stereocenters. The molecule has 0 spiro atoms. The molecule has 1 aliphatic rings. The van der Waals surface area contributed by atoms with E-state index < -0.39 is 10.3 Å². The molecular formula is C22H27N7OS. The Kier molecular flexibility index (Phi) is 5.02. The number of anilines is 2. The van der Waals surface area contributed by atoms with Crippen LogP contribution < -0.4 is 5.32 Å². The number of benzene rings is 1. The van der Waals surface area contributed by atoms with E-state index >= 15 is 0 Å². The molecule has 1 aromatic carbocycles. The zero-order chi connectivity index (χ0) is 21.6. The number of rotatable bonds is 3. The molecule has 5 rings (SSSR count). The summed E-state index contributed by atoms with van der Waals surface area (Å²) >= 11 is 0. The molecule has 9 heteroatoms. The number of hydrogen-bond donors (Lipinski definition) is 2. The van der Waals surface area contributed by atoms with Gasteiger partial charge in [0, 0.05) is 23.0 Å². The first-order chi connectivity index (χ1) is 14.9. The number of fused-ring (bicyclic) bond motifs is 2. The summed E-state index contributed by atoms with van der Waals surface area (Å²) in [5, 5.41) is 18.3. The first kappa shape index (κ1) is 20.1. The zero-order valence-electron chi connectivity index (χ0n) is 18.0. The van der Waals surface area contributed by atoms with Gasteiger partial charge in [0.15, 0.2) is 5.65 Å². The van der Waals surface area contributed by atoms with Gasteiger partial charge in [0.2, 0.25) is 5.95 Å². The predicted octanol–water partition coefficient (Wildman–Crippen LogP) is 4.76. The number of nitrogens with zero attached hydrogens (tertiary/aromatic N) is 6. The molecule has 1 aliphatic heterocycles. The maximum absolute atomic E-state index is 10.6. The molecule has 0 aliphatic carbocycles. The van der Waals surface area contributed by atoms with Gasteiger partial charge in [-0.3, -0.25) is 0 Å². The molecule has 4 heterocycles. The van der Waals surface area contributed by atoms with Gasteiger partial charge in [0.1, 0.15) is 0 Å². The Bertz CT molecular complexity index is 1270. The molecule has 0 saturated carbocycles. The summed E-state index contributed by atoms with van der Waals surface area (Å²) in [4.78, 5) is 9.39. The van der Waals surface area contributed by atoms with Gasteiger partial charge in [-0.15, -0.1) is 10.3 Å². The van der Waals surface area contributed by atoms with Crippen molar-refractivity contribution in [3.8, 4) is 0 Å².